The van der Waals surface area contributed by atoms with E-state index >= 15 is 0 Å². The van der Waals surface area contributed by atoms with Crippen molar-refractivity contribution in [2.45, 2.75) is 51.6 Å². The van der Waals surface area contributed by atoms with E-state index in [9.17, 15) is 9.59 Å². The molecule has 2 saturated carbocycles. The number of anilines is 1. The first-order valence-corrected chi connectivity index (χ1v) is 9.37. The van der Waals surface area contributed by atoms with Gasteiger partial charge in [0.2, 0.25) is 5.91 Å². The lowest BCUT2D eigenvalue weighted by Gasteiger charge is -2.29. The van der Waals surface area contributed by atoms with Crippen LogP contribution in [0.1, 0.15) is 49.9 Å². The molecule has 0 aliphatic heterocycles. The van der Waals surface area contributed by atoms with Gasteiger partial charge in [-0.05, 0) is 69.1 Å². The van der Waals surface area contributed by atoms with Crippen molar-refractivity contribution < 1.29 is 9.59 Å². The molecule has 5 nitrogen and oxygen atoms in total. The Morgan fingerprint density at radius 1 is 1.16 bits per heavy atom. The number of nitrogens with one attached hydrogen (secondary N) is 3. The fourth-order valence-corrected chi connectivity index (χ4v) is 4.57. The molecular weight excluding hydrogens is 314 g/mol. The fraction of sp³-hybridized carbons (Fsp3) is 0.600. The number of carbonyl (C=O) groups is 2. The molecule has 2 bridgehead atoms. The van der Waals surface area contributed by atoms with Crippen LogP contribution in [-0.4, -0.2) is 30.9 Å². The van der Waals surface area contributed by atoms with Crippen molar-refractivity contribution in [3.8, 4) is 0 Å². The van der Waals surface area contributed by atoms with Crippen LogP contribution in [0.4, 0.5) is 5.69 Å². The minimum absolute atomic E-state index is 0.0145. The van der Waals surface area contributed by atoms with Gasteiger partial charge in [0.05, 0.1) is 0 Å². The predicted octanol–water partition coefficient (Wildman–Crippen LogP) is 2.79. The summed E-state index contributed by atoms with van der Waals surface area (Å²) in [6.45, 7) is 4.00. The lowest BCUT2D eigenvalue weighted by Crippen LogP contribution is -2.46. The van der Waals surface area contributed by atoms with Gasteiger partial charge in [-0.3, -0.25) is 9.59 Å². The zero-order valence-corrected chi connectivity index (χ0v) is 15.3. The van der Waals surface area contributed by atoms with Crippen LogP contribution in [-0.2, 0) is 4.79 Å². The first kappa shape index (κ1) is 17.8. The van der Waals surface area contributed by atoms with E-state index < -0.39 is 0 Å². The average molecular weight is 343 g/mol. The number of rotatable bonds is 6. The normalized spacial score (nSPS) is 26.8. The fourth-order valence-electron chi connectivity index (χ4n) is 4.57. The van der Waals surface area contributed by atoms with Gasteiger partial charge >= 0.3 is 0 Å². The maximum Gasteiger partial charge on any atom is 0.251 e. The van der Waals surface area contributed by atoms with Crippen molar-refractivity contribution in [3.63, 3.8) is 0 Å². The summed E-state index contributed by atoms with van der Waals surface area (Å²) >= 11 is 0. The Morgan fingerprint density at radius 2 is 1.96 bits per heavy atom. The topological polar surface area (TPSA) is 70.2 Å². The minimum Gasteiger partial charge on any atom is -0.374 e. The Labute approximate surface area is 150 Å². The van der Waals surface area contributed by atoms with E-state index in [0.29, 0.717) is 11.5 Å². The Kier molecular flexibility index (Phi) is 5.30. The zero-order chi connectivity index (χ0) is 18.0. The Balaban J connectivity index is 1.55. The van der Waals surface area contributed by atoms with Gasteiger partial charge in [-0.15, -0.1) is 0 Å². The molecule has 0 saturated heterocycles. The second-order valence-corrected chi connectivity index (χ2v) is 7.66. The van der Waals surface area contributed by atoms with E-state index in [2.05, 4.69) is 22.9 Å². The summed E-state index contributed by atoms with van der Waals surface area (Å²) in [4.78, 5) is 24.3. The molecule has 1 aromatic carbocycles. The molecule has 5 unspecified atom stereocenters. The summed E-state index contributed by atoms with van der Waals surface area (Å²) in [5.74, 6) is 2.20. The van der Waals surface area contributed by atoms with Gasteiger partial charge in [0, 0.05) is 24.3 Å². The highest BCUT2D eigenvalue weighted by Gasteiger charge is 2.42. The summed E-state index contributed by atoms with van der Waals surface area (Å²) in [5.41, 5.74) is 1.35. The van der Waals surface area contributed by atoms with E-state index in [-0.39, 0.29) is 23.9 Å². The SMILES string of the molecule is CNC(=O)c1cccc(NC(C)C(=O)NC(C)C2CC3CCC2C3)c1. The highest BCUT2D eigenvalue weighted by atomic mass is 16.2. The summed E-state index contributed by atoms with van der Waals surface area (Å²) in [6, 6.07) is 7.09. The highest BCUT2D eigenvalue weighted by Crippen LogP contribution is 2.49. The first-order chi connectivity index (χ1) is 12.0. The molecule has 2 fully saturated rings. The van der Waals surface area contributed by atoms with Gasteiger partial charge in [0.25, 0.3) is 5.91 Å². The second kappa shape index (κ2) is 7.46. The van der Waals surface area contributed by atoms with Crippen LogP contribution < -0.4 is 16.0 Å². The summed E-state index contributed by atoms with van der Waals surface area (Å²) in [5, 5.41) is 9.00. The number of hydrogen-bond donors (Lipinski definition) is 3. The Bertz CT molecular complexity index is 646. The summed E-state index contributed by atoms with van der Waals surface area (Å²) < 4.78 is 0. The van der Waals surface area contributed by atoms with E-state index in [1.54, 1.807) is 19.2 Å². The second-order valence-electron chi connectivity index (χ2n) is 7.66. The first-order valence-electron chi connectivity index (χ1n) is 9.37. The Morgan fingerprint density at radius 3 is 2.60 bits per heavy atom. The van der Waals surface area contributed by atoms with Crippen LogP contribution >= 0.6 is 0 Å². The van der Waals surface area contributed by atoms with Crippen molar-refractivity contribution in [3.05, 3.63) is 29.8 Å². The number of benzene rings is 1. The maximum absolute atomic E-state index is 12.5. The Hall–Kier alpha value is -2.04. The van der Waals surface area contributed by atoms with Crippen LogP contribution in [0, 0.1) is 17.8 Å². The maximum atomic E-state index is 12.5. The molecule has 3 rings (SSSR count). The molecule has 0 heterocycles. The molecule has 3 N–H and O–H groups in total. The van der Waals surface area contributed by atoms with E-state index in [4.69, 9.17) is 0 Å². The van der Waals surface area contributed by atoms with E-state index in [0.717, 1.165) is 17.5 Å². The molecule has 2 aliphatic rings. The van der Waals surface area contributed by atoms with E-state index in [1.165, 1.54) is 25.7 Å². The number of hydrogen-bond acceptors (Lipinski definition) is 3. The molecule has 136 valence electrons. The number of fused-ring (bicyclic) bond motifs is 2. The lowest BCUT2D eigenvalue weighted by atomic mass is 9.84. The average Bonchev–Trinajstić information content (AvgIpc) is 3.24. The smallest absolute Gasteiger partial charge is 0.251 e. The third-order valence-electron chi connectivity index (χ3n) is 5.93. The van der Waals surface area contributed by atoms with Gasteiger partial charge in [-0.1, -0.05) is 12.5 Å². The third-order valence-corrected chi connectivity index (χ3v) is 5.93. The van der Waals surface area contributed by atoms with E-state index in [1.807, 2.05) is 19.1 Å². The van der Waals surface area contributed by atoms with Gasteiger partial charge in [-0.2, -0.15) is 0 Å². The van der Waals surface area contributed by atoms with Gasteiger partial charge < -0.3 is 16.0 Å². The van der Waals surface area contributed by atoms with Gasteiger partial charge in [0.15, 0.2) is 0 Å². The van der Waals surface area contributed by atoms with Crippen molar-refractivity contribution in [2.24, 2.45) is 17.8 Å². The van der Waals surface area contributed by atoms with Crippen LogP contribution in [0.5, 0.6) is 0 Å². The molecule has 2 aliphatic carbocycles. The van der Waals surface area contributed by atoms with Crippen LogP contribution in [0.2, 0.25) is 0 Å². The molecule has 0 radical (unpaired) electrons. The standard InChI is InChI=1S/C20H29N3O2/c1-12(18-10-14-7-8-15(18)9-14)23-19(24)13(2)22-17-6-4-5-16(11-17)20(25)21-3/h4-6,11-15,18,22H,7-10H2,1-3H3,(H,21,25)(H,23,24). The van der Waals surface area contributed by atoms with Crippen molar-refractivity contribution in [1.29, 1.82) is 0 Å². The molecule has 5 heteroatoms. The van der Waals surface area contributed by atoms with Gasteiger partial charge in [-0.25, -0.2) is 0 Å². The molecular formula is C20H29N3O2. The number of amides is 2. The molecule has 5 atom stereocenters. The summed E-state index contributed by atoms with van der Waals surface area (Å²) in [6.07, 6.45) is 5.32. The quantitative estimate of drug-likeness (QED) is 0.744. The van der Waals surface area contributed by atoms with Crippen molar-refractivity contribution in [2.75, 3.05) is 12.4 Å². The van der Waals surface area contributed by atoms with Crippen LogP contribution in [0.15, 0.2) is 24.3 Å². The number of carbonyl (C=O) groups excluding carboxylic acids is 2. The summed E-state index contributed by atoms with van der Waals surface area (Å²) in [7, 11) is 1.61. The molecule has 0 spiro atoms. The van der Waals surface area contributed by atoms with Crippen molar-refractivity contribution >= 4 is 17.5 Å². The zero-order valence-electron chi connectivity index (χ0n) is 15.3. The van der Waals surface area contributed by atoms with Crippen molar-refractivity contribution in [1.82, 2.24) is 10.6 Å². The largest absolute Gasteiger partial charge is 0.374 e. The molecule has 2 amide bonds. The highest BCUT2D eigenvalue weighted by molar-refractivity contribution is 5.95. The molecule has 25 heavy (non-hydrogen) atoms. The monoisotopic (exact) mass is 343 g/mol. The van der Waals surface area contributed by atoms with Crippen LogP contribution in [0.3, 0.4) is 0 Å². The lowest BCUT2D eigenvalue weighted by molar-refractivity contribution is -0.122. The third kappa shape index (κ3) is 3.97. The predicted molar refractivity (Wildman–Crippen MR) is 99.5 cm³/mol. The minimum atomic E-state index is -0.346. The van der Waals surface area contributed by atoms with Gasteiger partial charge in [0.1, 0.15) is 6.04 Å². The molecule has 1 aromatic rings. The van der Waals surface area contributed by atoms with Crippen LogP contribution in [0.25, 0.3) is 0 Å². The molecule has 0 aromatic heterocycles.